The highest BCUT2D eigenvalue weighted by Gasteiger charge is 2.41. The van der Waals surface area contributed by atoms with Crippen molar-refractivity contribution >= 4 is 40.4 Å². The van der Waals surface area contributed by atoms with Crippen LogP contribution in [0.15, 0.2) is 76.0 Å². The molecule has 1 aromatic heterocycles. The molecule has 1 amide bonds. The zero-order chi connectivity index (χ0) is 25.9. The summed E-state index contributed by atoms with van der Waals surface area (Å²) in [5.41, 5.74) is 2.92. The lowest BCUT2D eigenvalue weighted by Gasteiger charge is -2.37. The second-order valence-electron chi connectivity index (χ2n) is 9.54. The van der Waals surface area contributed by atoms with Crippen molar-refractivity contribution in [3.8, 4) is 0 Å². The van der Waals surface area contributed by atoms with Gasteiger partial charge in [0.15, 0.2) is 5.17 Å². The van der Waals surface area contributed by atoms with Crippen molar-refractivity contribution in [1.82, 2.24) is 15.2 Å². The van der Waals surface area contributed by atoms with Crippen molar-refractivity contribution < 1.29 is 14.3 Å². The number of carbonyl (C=O) groups is 2. The molecule has 2 aliphatic rings. The van der Waals surface area contributed by atoms with Gasteiger partial charge in [-0.15, -0.1) is 0 Å². The van der Waals surface area contributed by atoms with E-state index < -0.39 is 17.6 Å². The Labute approximate surface area is 220 Å². The molecule has 0 bridgehead atoms. The molecule has 1 unspecified atom stereocenters. The van der Waals surface area contributed by atoms with E-state index in [0.29, 0.717) is 29.3 Å². The minimum atomic E-state index is -0.662. The Bertz CT molecular complexity index is 1230. The van der Waals surface area contributed by atoms with E-state index in [-0.39, 0.29) is 12.3 Å². The second-order valence-corrected chi connectivity index (χ2v) is 10.8. The van der Waals surface area contributed by atoms with Gasteiger partial charge >= 0.3 is 5.97 Å². The van der Waals surface area contributed by atoms with Gasteiger partial charge in [0.25, 0.3) is 0 Å². The Hall–Kier alpha value is -3.10. The van der Waals surface area contributed by atoms with Gasteiger partial charge < -0.3 is 15.0 Å². The zero-order valence-corrected chi connectivity index (χ0v) is 22.3. The Morgan fingerprint density at radius 2 is 1.92 bits per heavy atom. The molecule has 188 valence electrons. The van der Waals surface area contributed by atoms with Crippen LogP contribution in [0.5, 0.6) is 0 Å². The van der Waals surface area contributed by atoms with Gasteiger partial charge in [-0.25, -0.2) is 9.79 Å². The summed E-state index contributed by atoms with van der Waals surface area (Å²) in [6, 6.07) is 12.6. The average molecular weight is 525 g/mol. The number of aromatic nitrogens is 1. The monoisotopic (exact) mass is 524 g/mol. The molecule has 0 radical (unpaired) electrons. The van der Waals surface area contributed by atoms with Gasteiger partial charge in [0.1, 0.15) is 5.60 Å². The summed E-state index contributed by atoms with van der Waals surface area (Å²) in [4.78, 5) is 37.1. The molecule has 0 spiro atoms. The predicted molar refractivity (Wildman–Crippen MR) is 143 cm³/mol. The van der Waals surface area contributed by atoms with Crippen LogP contribution in [-0.2, 0) is 20.7 Å². The quantitative estimate of drug-likeness (QED) is 0.488. The Balaban J connectivity index is 1.57. The SMILES string of the molecule is CC1=C(C(=O)OC(C)(C)C)C(c2ccc(Cl)cc2)N2C(CC(=O)NCCc3ccccn3)=CSC2=N1. The number of nitrogens with zero attached hydrogens (tertiary/aromatic N) is 3. The highest BCUT2D eigenvalue weighted by molar-refractivity contribution is 8.16. The lowest BCUT2D eigenvalue weighted by Crippen LogP contribution is -2.39. The maximum Gasteiger partial charge on any atom is 0.338 e. The van der Waals surface area contributed by atoms with Crippen LogP contribution in [0.3, 0.4) is 0 Å². The largest absolute Gasteiger partial charge is 0.456 e. The fraction of sp³-hybridized carbons (Fsp3) is 0.333. The van der Waals surface area contributed by atoms with Crippen LogP contribution in [0.25, 0.3) is 0 Å². The number of esters is 1. The fourth-order valence-corrected chi connectivity index (χ4v) is 5.12. The first-order chi connectivity index (χ1) is 17.1. The first-order valence-corrected chi connectivity index (χ1v) is 13.0. The number of pyridine rings is 1. The maximum absolute atomic E-state index is 13.4. The van der Waals surface area contributed by atoms with Crippen LogP contribution in [0, 0.1) is 0 Å². The van der Waals surface area contributed by atoms with Crippen LogP contribution in [0.4, 0.5) is 0 Å². The lowest BCUT2D eigenvalue weighted by atomic mass is 9.93. The van der Waals surface area contributed by atoms with E-state index in [4.69, 9.17) is 21.3 Å². The number of hydrogen-bond acceptors (Lipinski definition) is 7. The molecular formula is C27H29ClN4O3S. The lowest BCUT2D eigenvalue weighted by molar-refractivity contribution is -0.150. The van der Waals surface area contributed by atoms with E-state index >= 15 is 0 Å². The third kappa shape index (κ3) is 6.17. The van der Waals surface area contributed by atoms with Crippen molar-refractivity contribution in [2.45, 2.75) is 52.2 Å². The van der Waals surface area contributed by atoms with E-state index in [2.05, 4.69) is 10.3 Å². The predicted octanol–water partition coefficient (Wildman–Crippen LogP) is 5.40. The number of halogens is 1. The number of amides is 1. The Kier molecular flexibility index (Phi) is 7.85. The van der Waals surface area contributed by atoms with Gasteiger partial charge in [0, 0.05) is 35.6 Å². The molecular weight excluding hydrogens is 496 g/mol. The van der Waals surface area contributed by atoms with Crippen molar-refractivity contribution in [1.29, 1.82) is 0 Å². The Morgan fingerprint density at radius 1 is 1.17 bits per heavy atom. The Morgan fingerprint density at radius 3 is 2.58 bits per heavy atom. The van der Waals surface area contributed by atoms with Crippen molar-refractivity contribution in [2.24, 2.45) is 4.99 Å². The van der Waals surface area contributed by atoms with Crippen LogP contribution >= 0.6 is 23.4 Å². The van der Waals surface area contributed by atoms with Crippen LogP contribution in [0.1, 0.15) is 51.4 Å². The van der Waals surface area contributed by atoms with E-state index in [1.165, 1.54) is 11.8 Å². The molecule has 3 heterocycles. The summed E-state index contributed by atoms with van der Waals surface area (Å²) in [5, 5.41) is 6.21. The number of carbonyl (C=O) groups excluding carboxylic acids is 2. The number of benzene rings is 1. The van der Waals surface area contributed by atoms with Crippen molar-refractivity contribution in [3.05, 3.63) is 87.3 Å². The van der Waals surface area contributed by atoms with Gasteiger partial charge in [-0.1, -0.05) is 41.6 Å². The highest BCUT2D eigenvalue weighted by Crippen LogP contribution is 2.45. The summed E-state index contributed by atoms with van der Waals surface area (Å²) in [5.74, 6) is -0.544. The molecule has 0 fully saturated rings. The van der Waals surface area contributed by atoms with Crippen molar-refractivity contribution in [3.63, 3.8) is 0 Å². The normalized spacial score (nSPS) is 17.4. The first-order valence-electron chi connectivity index (χ1n) is 11.7. The number of amidine groups is 1. The molecule has 9 heteroatoms. The molecule has 0 saturated carbocycles. The molecule has 2 aliphatic heterocycles. The minimum Gasteiger partial charge on any atom is -0.456 e. The van der Waals surface area contributed by atoms with Gasteiger partial charge in [-0.3, -0.25) is 9.78 Å². The summed E-state index contributed by atoms with van der Waals surface area (Å²) >= 11 is 7.59. The number of allylic oxidation sites excluding steroid dienone is 1. The summed E-state index contributed by atoms with van der Waals surface area (Å²) < 4.78 is 5.75. The number of aliphatic imine (C=N–C) groups is 1. The number of hydrogen-bond donors (Lipinski definition) is 1. The van der Waals surface area contributed by atoms with Gasteiger partial charge in [0.2, 0.25) is 5.91 Å². The number of nitrogens with one attached hydrogen (secondary N) is 1. The molecule has 0 saturated heterocycles. The third-order valence-electron chi connectivity index (χ3n) is 5.58. The van der Waals surface area contributed by atoms with E-state index in [1.54, 1.807) is 18.3 Å². The van der Waals surface area contributed by atoms with Gasteiger partial charge in [-0.05, 0) is 62.9 Å². The molecule has 1 aromatic carbocycles. The first kappa shape index (κ1) is 26.0. The standard InChI is InChI=1S/C27H29ClN4O3S/c1-17-23(25(34)35-27(2,3)4)24(18-8-10-19(28)11-9-18)32-21(16-36-26(32)31-17)15-22(33)30-14-12-20-7-5-6-13-29-20/h5-11,13,16,24H,12,14-15H2,1-4H3,(H,30,33). The van der Waals surface area contributed by atoms with Crippen LogP contribution in [0.2, 0.25) is 5.02 Å². The molecule has 1 N–H and O–H groups in total. The van der Waals surface area contributed by atoms with Crippen LogP contribution < -0.4 is 5.32 Å². The number of rotatable bonds is 7. The fourth-order valence-electron chi connectivity index (χ4n) is 4.03. The maximum atomic E-state index is 13.4. The van der Waals surface area contributed by atoms with Gasteiger partial charge in [0.05, 0.1) is 23.7 Å². The number of fused-ring (bicyclic) bond motifs is 1. The smallest absolute Gasteiger partial charge is 0.338 e. The zero-order valence-electron chi connectivity index (χ0n) is 20.7. The van der Waals surface area contributed by atoms with E-state index in [9.17, 15) is 9.59 Å². The summed E-state index contributed by atoms with van der Waals surface area (Å²) in [6.45, 7) is 7.81. The van der Waals surface area contributed by atoms with E-state index in [0.717, 1.165) is 22.1 Å². The molecule has 2 aromatic rings. The molecule has 7 nitrogen and oxygen atoms in total. The topological polar surface area (TPSA) is 83.9 Å². The number of ether oxygens (including phenoxy) is 1. The van der Waals surface area contributed by atoms with Crippen LogP contribution in [-0.4, -0.2) is 39.1 Å². The molecule has 4 rings (SSSR count). The molecule has 36 heavy (non-hydrogen) atoms. The summed E-state index contributed by atoms with van der Waals surface area (Å²) in [7, 11) is 0. The molecule has 1 atom stereocenters. The summed E-state index contributed by atoms with van der Waals surface area (Å²) in [6.07, 6.45) is 2.54. The highest BCUT2D eigenvalue weighted by atomic mass is 35.5. The minimum absolute atomic E-state index is 0.112. The average Bonchev–Trinajstić information content (AvgIpc) is 3.20. The molecule has 0 aliphatic carbocycles. The van der Waals surface area contributed by atoms with Crippen molar-refractivity contribution in [2.75, 3.05) is 6.54 Å². The van der Waals surface area contributed by atoms with E-state index in [1.807, 2.05) is 68.3 Å². The second kappa shape index (κ2) is 10.9. The third-order valence-corrected chi connectivity index (χ3v) is 6.72. The number of thioether (sulfide) groups is 1. The van der Waals surface area contributed by atoms with Gasteiger partial charge in [-0.2, -0.15) is 0 Å².